The number of hydrogen-bond donors (Lipinski definition) is 5. The fraction of sp³-hybridized carbons (Fsp3) is 0.438. The molecule has 2 rings (SSSR count). The first-order valence-corrected chi connectivity index (χ1v) is 7.98. The van der Waals surface area contributed by atoms with Crippen LogP contribution in [0.15, 0.2) is 4.99 Å². The summed E-state index contributed by atoms with van der Waals surface area (Å²) in [5.74, 6) is -1.42. The van der Waals surface area contributed by atoms with Crippen LogP contribution in [-0.2, 0) is 7.05 Å². The maximum absolute atomic E-state index is 12.2. The van der Waals surface area contributed by atoms with Crippen LogP contribution in [0.2, 0.25) is 0 Å². The summed E-state index contributed by atoms with van der Waals surface area (Å²) in [5.41, 5.74) is 0.843. The number of aliphatic imine (C=N–C) groups is 1. The first-order valence-electron chi connectivity index (χ1n) is 7.98. The van der Waals surface area contributed by atoms with Gasteiger partial charge in [0.15, 0.2) is 22.9 Å². The highest BCUT2D eigenvalue weighted by atomic mass is 16.3. The van der Waals surface area contributed by atoms with E-state index in [9.17, 15) is 20.1 Å². The van der Waals surface area contributed by atoms with Crippen LogP contribution in [0.1, 0.15) is 31.3 Å². The van der Waals surface area contributed by atoms with Crippen molar-refractivity contribution in [1.29, 1.82) is 0 Å². The van der Waals surface area contributed by atoms with Crippen molar-refractivity contribution in [2.45, 2.75) is 20.8 Å². The van der Waals surface area contributed by atoms with Crippen LogP contribution in [0, 0.1) is 5.92 Å². The van der Waals surface area contributed by atoms with E-state index in [4.69, 9.17) is 0 Å². The van der Waals surface area contributed by atoms with Gasteiger partial charge in [0.2, 0.25) is 11.8 Å². The van der Waals surface area contributed by atoms with Gasteiger partial charge in [-0.3, -0.25) is 14.5 Å². The van der Waals surface area contributed by atoms with Crippen LogP contribution >= 0.6 is 0 Å². The second kappa shape index (κ2) is 6.98. The number of rotatable bonds is 5. The molecule has 0 saturated heterocycles. The minimum atomic E-state index is -0.430. The maximum Gasteiger partial charge on any atom is 0.275 e. The molecular formula is C16H24N6O4. The first kappa shape index (κ1) is 19.2. The Kier molecular flexibility index (Phi) is 5.15. The highest BCUT2D eigenvalue weighted by molar-refractivity contribution is 5.97. The molecule has 2 heterocycles. The van der Waals surface area contributed by atoms with E-state index in [2.05, 4.69) is 20.4 Å². The molecule has 2 aromatic rings. The van der Waals surface area contributed by atoms with Crippen LogP contribution in [0.4, 0.5) is 17.2 Å². The third-order valence-electron chi connectivity index (χ3n) is 3.93. The molecule has 0 radical (unpaired) electrons. The molecule has 0 aliphatic heterocycles. The number of hydrogen-bond acceptors (Lipinski definition) is 7. The van der Waals surface area contributed by atoms with Crippen LogP contribution in [-0.4, -0.2) is 60.7 Å². The van der Waals surface area contributed by atoms with Gasteiger partial charge in [-0.15, -0.1) is 0 Å². The Morgan fingerprint density at radius 3 is 2.42 bits per heavy atom. The van der Waals surface area contributed by atoms with Gasteiger partial charge in [0.1, 0.15) is 5.69 Å². The second-order valence-corrected chi connectivity index (χ2v) is 6.45. The van der Waals surface area contributed by atoms with E-state index >= 15 is 0 Å². The van der Waals surface area contributed by atoms with E-state index in [0.717, 1.165) is 5.71 Å². The molecule has 26 heavy (non-hydrogen) atoms. The van der Waals surface area contributed by atoms with Crippen LogP contribution in [0.25, 0.3) is 0 Å². The standard InChI is InChI=1S/C16H24N6O4/c1-7(2)8(3)17-9-10(15(25)19-14(9)24)18-13-12(23)11(22(6)20-13)16(26)21(4)5/h7,19,23-25H,1-6H3,(H,18,20). The van der Waals surface area contributed by atoms with Crippen LogP contribution < -0.4 is 5.32 Å². The number of nitrogens with one attached hydrogen (secondary N) is 2. The number of aromatic amines is 1. The van der Waals surface area contributed by atoms with E-state index < -0.39 is 5.91 Å². The Morgan fingerprint density at radius 2 is 1.88 bits per heavy atom. The molecule has 10 heteroatoms. The SMILES string of the molecule is CC(=Nc1c(O)[nH]c(O)c1Nc1nn(C)c(C(=O)N(C)C)c1O)C(C)C. The lowest BCUT2D eigenvalue weighted by atomic mass is 10.1. The summed E-state index contributed by atoms with van der Waals surface area (Å²) in [5, 5.41) is 37.2. The van der Waals surface area contributed by atoms with E-state index in [1.54, 1.807) is 21.0 Å². The molecule has 0 unspecified atom stereocenters. The molecule has 1 amide bonds. The number of carbonyl (C=O) groups excluding carboxylic acids is 1. The fourth-order valence-corrected chi connectivity index (χ4v) is 2.16. The van der Waals surface area contributed by atoms with Crippen molar-refractivity contribution in [3.63, 3.8) is 0 Å². The number of nitrogens with zero attached hydrogens (tertiary/aromatic N) is 4. The first-order chi connectivity index (χ1) is 12.0. The highest BCUT2D eigenvalue weighted by Crippen LogP contribution is 2.44. The number of carbonyl (C=O) groups is 1. The molecule has 0 atom stereocenters. The average molecular weight is 364 g/mol. The van der Waals surface area contributed by atoms with Gasteiger partial charge in [0.25, 0.3) is 5.91 Å². The molecule has 0 aromatic carbocycles. The lowest BCUT2D eigenvalue weighted by Crippen LogP contribution is -2.24. The van der Waals surface area contributed by atoms with Crippen molar-refractivity contribution < 1.29 is 20.1 Å². The summed E-state index contributed by atoms with van der Waals surface area (Å²) in [6, 6.07) is 0. The smallest absolute Gasteiger partial charge is 0.275 e. The van der Waals surface area contributed by atoms with Gasteiger partial charge in [-0.05, 0) is 12.8 Å². The van der Waals surface area contributed by atoms with Crippen molar-refractivity contribution in [1.82, 2.24) is 19.7 Å². The molecule has 2 aromatic heterocycles. The maximum atomic E-state index is 12.2. The van der Waals surface area contributed by atoms with Gasteiger partial charge in [-0.2, -0.15) is 5.10 Å². The third kappa shape index (κ3) is 3.44. The summed E-state index contributed by atoms with van der Waals surface area (Å²) in [7, 11) is 4.62. The summed E-state index contributed by atoms with van der Waals surface area (Å²) in [6.07, 6.45) is 0. The third-order valence-corrected chi connectivity index (χ3v) is 3.93. The van der Waals surface area contributed by atoms with Gasteiger partial charge in [-0.25, -0.2) is 4.99 Å². The Labute approximate surface area is 150 Å². The molecule has 142 valence electrons. The monoisotopic (exact) mass is 364 g/mol. The minimum absolute atomic E-state index is 0.0137. The Hall–Kier alpha value is -3.17. The lowest BCUT2D eigenvalue weighted by molar-refractivity contribution is 0.0814. The largest absolute Gasteiger partial charge is 0.503 e. The predicted molar refractivity (Wildman–Crippen MR) is 97.9 cm³/mol. The van der Waals surface area contributed by atoms with Gasteiger partial charge < -0.3 is 25.5 Å². The molecule has 0 saturated carbocycles. The molecule has 0 spiro atoms. The van der Waals surface area contributed by atoms with Crippen molar-refractivity contribution in [2.75, 3.05) is 19.4 Å². The van der Waals surface area contributed by atoms with Crippen LogP contribution in [0.5, 0.6) is 17.5 Å². The van der Waals surface area contributed by atoms with Gasteiger partial charge in [-0.1, -0.05) is 13.8 Å². The van der Waals surface area contributed by atoms with Crippen molar-refractivity contribution >= 4 is 28.8 Å². The highest BCUT2D eigenvalue weighted by Gasteiger charge is 2.26. The number of H-pyrrole nitrogens is 1. The summed E-state index contributed by atoms with van der Waals surface area (Å²) in [4.78, 5) is 20.2. The molecule has 0 bridgehead atoms. The zero-order valence-corrected chi connectivity index (χ0v) is 15.6. The molecule has 10 nitrogen and oxygen atoms in total. The number of anilines is 2. The second-order valence-electron chi connectivity index (χ2n) is 6.45. The zero-order valence-electron chi connectivity index (χ0n) is 15.6. The van der Waals surface area contributed by atoms with E-state index in [-0.39, 0.29) is 46.3 Å². The zero-order chi connectivity index (χ0) is 19.8. The normalized spacial score (nSPS) is 11.9. The lowest BCUT2D eigenvalue weighted by Gasteiger charge is -2.10. The number of aryl methyl sites for hydroxylation is 1. The minimum Gasteiger partial charge on any atom is -0.503 e. The van der Waals surface area contributed by atoms with Gasteiger partial charge in [0, 0.05) is 26.9 Å². The molecule has 0 fully saturated rings. The molecular weight excluding hydrogens is 340 g/mol. The van der Waals surface area contributed by atoms with E-state index in [1.807, 2.05) is 13.8 Å². The number of aromatic nitrogens is 3. The summed E-state index contributed by atoms with van der Waals surface area (Å²) >= 11 is 0. The van der Waals surface area contributed by atoms with Gasteiger partial charge in [0.05, 0.1) is 0 Å². The van der Waals surface area contributed by atoms with Crippen molar-refractivity contribution in [3.05, 3.63) is 5.69 Å². The summed E-state index contributed by atoms with van der Waals surface area (Å²) in [6.45, 7) is 5.68. The Bertz CT molecular complexity index is 863. The fourth-order valence-electron chi connectivity index (χ4n) is 2.16. The van der Waals surface area contributed by atoms with Gasteiger partial charge >= 0.3 is 0 Å². The topological polar surface area (TPSA) is 139 Å². The number of aromatic hydroxyl groups is 3. The van der Waals surface area contributed by atoms with Crippen molar-refractivity contribution in [2.24, 2.45) is 18.0 Å². The van der Waals surface area contributed by atoms with Crippen LogP contribution in [0.3, 0.4) is 0 Å². The van der Waals surface area contributed by atoms with E-state index in [1.165, 1.54) is 16.6 Å². The average Bonchev–Trinajstić information content (AvgIpc) is 2.96. The van der Waals surface area contributed by atoms with E-state index in [0.29, 0.717) is 0 Å². The molecule has 0 aliphatic carbocycles. The number of amides is 1. The summed E-state index contributed by atoms with van der Waals surface area (Å²) < 4.78 is 1.23. The Balaban J connectivity index is 2.49. The Morgan fingerprint density at radius 1 is 1.27 bits per heavy atom. The molecule has 5 N–H and O–H groups in total. The van der Waals surface area contributed by atoms with Crippen molar-refractivity contribution in [3.8, 4) is 17.5 Å². The molecule has 0 aliphatic rings. The quantitative estimate of drug-likeness (QED) is 0.515. The predicted octanol–water partition coefficient (Wildman–Crippen LogP) is 2.06.